The molecule has 0 unspecified atom stereocenters. The first-order chi connectivity index (χ1) is 12.1. The lowest BCUT2D eigenvalue weighted by Crippen LogP contribution is -2.52. The van der Waals surface area contributed by atoms with Crippen LogP contribution in [-0.2, 0) is 13.1 Å². The summed E-state index contributed by atoms with van der Waals surface area (Å²) in [5.74, 6) is -1.07. The fraction of sp³-hybridized carbons (Fsp3) is 0.400. The molecule has 25 heavy (non-hydrogen) atoms. The van der Waals surface area contributed by atoms with E-state index in [9.17, 15) is 13.9 Å². The Morgan fingerprint density at radius 3 is 2.32 bits per heavy atom. The molecule has 1 N–H and O–H groups in total. The van der Waals surface area contributed by atoms with Crippen molar-refractivity contribution < 1.29 is 13.9 Å². The maximum atomic E-state index is 13.4. The van der Waals surface area contributed by atoms with E-state index in [2.05, 4.69) is 21.9 Å². The second kappa shape index (κ2) is 8.52. The Kier molecular flexibility index (Phi) is 6.13. The summed E-state index contributed by atoms with van der Waals surface area (Å²) in [5, 5.41) is 9.41. The number of aliphatic hydroxyl groups excluding tert-OH is 1. The summed E-state index contributed by atoms with van der Waals surface area (Å²) in [6.45, 7) is 4.01. The lowest BCUT2D eigenvalue weighted by atomic mass is 10.1. The van der Waals surface area contributed by atoms with Crippen molar-refractivity contribution in [1.82, 2.24) is 9.80 Å². The fourth-order valence-electron chi connectivity index (χ4n) is 3.51. The molecule has 1 fully saturated rings. The number of halogens is 2. The van der Waals surface area contributed by atoms with E-state index in [1.165, 1.54) is 17.7 Å². The highest BCUT2D eigenvalue weighted by atomic mass is 19.1. The van der Waals surface area contributed by atoms with E-state index >= 15 is 0 Å². The predicted molar refractivity (Wildman–Crippen MR) is 94.0 cm³/mol. The van der Waals surface area contributed by atoms with Crippen molar-refractivity contribution in [2.75, 3.05) is 26.2 Å². The molecule has 0 saturated carbocycles. The summed E-state index contributed by atoms with van der Waals surface area (Å²) >= 11 is 0. The first kappa shape index (κ1) is 18.0. The Morgan fingerprint density at radius 2 is 1.64 bits per heavy atom. The maximum Gasteiger partial charge on any atom is 0.126 e. The minimum atomic E-state index is -0.537. The van der Waals surface area contributed by atoms with Crippen LogP contribution in [0.1, 0.15) is 17.5 Å². The number of aliphatic hydroxyl groups is 1. The molecule has 0 amide bonds. The maximum absolute atomic E-state index is 13.4. The van der Waals surface area contributed by atoms with Gasteiger partial charge in [0.05, 0.1) is 0 Å². The summed E-state index contributed by atoms with van der Waals surface area (Å²) in [5.41, 5.74) is 1.91. The largest absolute Gasteiger partial charge is 0.396 e. The quantitative estimate of drug-likeness (QED) is 0.871. The van der Waals surface area contributed by atoms with Crippen molar-refractivity contribution in [2.24, 2.45) is 0 Å². The second-order valence-corrected chi connectivity index (χ2v) is 6.63. The summed E-state index contributed by atoms with van der Waals surface area (Å²) in [6, 6.07) is 14.2. The van der Waals surface area contributed by atoms with E-state index in [0.717, 1.165) is 32.2 Å². The Morgan fingerprint density at radius 1 is 0.920 bits per heavy atom. The minimum absolute atomic E-state index is 0.137. The van der Waals surface area contributed by atoms with Crippen molar-refractivity contribution in [2.45, 2.75) is 25.6 Å². The van der Waals surface area contributed by atoms with E-state index in [-0.39, 0.29) is 12.6 Å². The van der Waals surface area contributed by atoms with Crippen LogP contribution in [0, 0.1) is 11.6 Å². The summed E-state index contributed by atoms with van der Waals surface area (Å²) in [6.07, 6.45) is 0.695. The van der Waals surface area contributed by atoms with Gasteiger partial charge in [-0.1, -0.05) is 30.3 Å². The van der Waals surface area contributed by atoms with Crippen molar-refractivity contribution in [3.05, 3.63) is 71.3 Å². The number of benzene rings is 2. The summed E-state index contributed by atoms with van der Waals surface area (Å²) < 4.78 is 26.8. The molecular formula is C20H24F2N2O. The normalized spacial score (nSPS) is 19.2. The van der Waals surface area contributed by atoms with Gasteiger partial charge in [-0.25, -0.2) is 8.78 Å². The SMILES string of the molecule is OCC[C@@H]1CN(Cc2cc(F)cc(F)c2)CCN1Cc1ccccc1. The molecule has 1 aliphatic heterocycles. The zero-order valence-corrected chi connectivity index (χ0v) is 14.2. The Labute approximate surface area is 147 Å². The van der Waals surface area contributed by atoms with E-state index in [0.29, 0.717) is 18.5 Å². The molecule has 1 aliphatic rings. The lowest BCUT2D eigenvalue weighted by Gasteiger charge is -2.41. The van der Waals surface area contributed by atoms with Gasteiger partial charge in [0.25, 0.3) is 0 Å². The first-order valence-corrected chi connectivity index (χ1v) is 8.70. The second-order valence-electron chi connectivity index (χ2n) is 6.63. The van der Waals surface area contributed by atoms with Gasteiger partial charge in [0.15, 0.2) is 0 Å². The van der Waals surface area contributed by atoms with Gasteiger partial charge in [-0.2, -0.15) is 0 Å². The number of hydrogen-bond acceptors (Lipinski definition) is 3. The zero-order chi connectivity index (χ0) is 17.6. The molecule has 0 radical (unpaired) electrons. The van der Waals surface area contributed by atoms with Gasteiger partial charge in [0.1, 0.15) is 11.6 Å². The number of nitrogens with zero attached hydrogens (tertiary/aromatic N) is 2. The van der Waals surface area contributed by atoms with Crippen LogP contribution in [-0.4, -0.2) is 47.2 Å². The molecule has 1 atom stereocenters. The van der Waals surface area contributed by atoms with Gasteiger partial charge >= 0.3 is 0 Å². The van der Waals surface area contributed by atoms with Crippen LogP contribution in [0.2, 0.25) is 0 Å². The van der Waals surface area contributed by atoms with E-state index in [1.54, 1.807) is 0 Å². The van der Waals surface area contributed by atoms with Gasteiger partial charge in [0, 0.05) is 51.4 Å². The molecule has 134 valence electrons. The van der Waals surface area contributed by atoms with Crippen LogP contribution in [0.15, 0.2) is 48.5 Å². The number of rotatable bonds is 6. The molecule has 5 heteroatoms. The monoisotopic (exact) mass is 346 g/mol. The standard InChI is InChI=1S/C20H24F2N2O/c21-18-10-17(11-19(22)12-18)13-23-7-8-24(20(15-23)6-9-25)14-16-4-2-1-3-5-16/h1-5,10-12,20,25H,6-9,13-15H2/t20-/m1/s1. The average molecular weight is 346 g/mol. The van der Waals surface area contributed by atoms with Crippen LogP contribution in [0.5, 0.6) is 0 Å². The van der Waals surface area contributed by atoms with E-state index < -0.39 is 11.6 Å². The molecule has 0 bridgehead atoms. The summed E-state index contributed by atoms with van der Waals surface area (Å²) in [4.78, 5) is 4.59. The van der Waals surface area contributed by atoms with Crippen LogP contribution >= 0.6 is 0 Å². The molecule has 0 spiro atoms. The highest BCUT2D eigenvalue weighted by molar-refractivity contribution is 5.18. The van der Waals surface area contributed by atoms with Crippen molar-refractivity contribution in [1.29, 1.82) is 0 Å². The van der Waals surface area contributed by atoms with Crippen molar-refractivity contribution in [3.8, 4) is 0 Å². The first-order valence-electron chi connectivity index (χ1n) is 8.70. The predicted octanol–water partition coefficient (Wildman–Crippen LogP) is 3.03. The zero-order valence-electron chi connectivity index (χ0n) is 14.2. The minimum Gasteiger partial charge on any atom is -0.396 e. The van der Waals surface area contributed by atoms with Crippen LogP contribution < -0.4 is 0 Å². The number of hydrogen-bond donors (Lipinski definition) is 1. The Bertz CT molecular complexity index is 660. The molecule has 0 aromatic heterocycles. The Hall–Kier alpha value is -1.82. The molecule has 1 saturated heterocycles. The highest BCUT2D eigenvalue weighted by Gasteiger charge is 2.26. The van der Waals surface area contributed by atoms with Crippen LogP contribution in [0.3, 0.4) is 0 Å². The smallest absolute Gasteiger partial charge is 0.126 e. The van der Waals surface area contributed by atoms with Gasteiger partial charge in [0.2, 0.25) is 0 Å². The average Bonchev–Trinajstić information content (AvgIpc) is 2.57. The number of piperazine rings is 1. The highest BCUT2D eigenvalue weighted by Crippen LogP contribution is 2.19. The van der Waals surface area contributed by atoms with Gasteiger partial charge in [-0.15, -0.1) is 0 Å². The topological polar surface area (TPSA) is 26.7 Å². The van der Waals surface area contributed by atoms with Crippen molar-refractivity contribution >= 4 is 0 Å². The van der Waals surface area contributed by atoms with Gasteiger partial charge < -0.3 is 5.11 Å². The molecule has 2 aromatic rings. The van der Waals surface area contributed by atoms with Crippen LogP contribution in [0.25, 0.3) is 0 Å². The Balaban J connectivity index is 1.64. The van der Waals surface area contributed by atoms with E-state index in [1.807, 2.05) is 18.2 Å². The van der Waals surface area contributed by atoms with E-state index in [4.69, 9.17) is 0 Å². The third kappa shape index (κ3) is 5.08. The van der Waals surface area contributed by atoms with Crippen molar-refractivity contribution in [3.63, 3.8) is 0 Å². The van der Waals surface area contributed by atoms with Crippen LogP contribution in [0.4, 0.5) is 8.78 Å². The molecular weight excluding hydrogens is 322 g/mol. The third-order valence-electron chi connectivity index (χ3n) is 4.71. The fourth-order valence-corrected chi connectivity index (χ4v) is 3.51. The van der Waals surface area contributed by atoms with Gasteiger partial charge in [-0.3, -0.25) is 9.80 Å². The van der Waals surface area contributed by atoms with Gasteiger partial charge in [-0.05, 0) is 29.7 Å². The molecule has 3 nitrogen and oxygen atoms in total. The molecule has 1 heterocycles. The third-order valence-corrected chi connectivity index (χ3v) is 4.71. The molecule has 2 aromatic carbocycles. The summed E-state index contributed by atoms with van der Waals surface area (Å²) in [7, 11) is 0. The molecule has 0 aliphatic carbocycles. The molecule has 3 rings (SSSR count). The lowest BCUT2D eigenvalue weighted by molar-refractivity contribution is 0.0499.